The lowest BCUT2D eigenvalue weighted by atomic mass is 10.2. The van der Waals surface area contributed by atoms with Crippen LogP contribution in [0, 0.1) is 0 Å². The molecule has 5 nitrogen and oxygen atoms in total. The first-order valence-corrected chi connectivity index (χ1v) is 8.51. The summed E-state index contributed by atoms with van der Waals surface area (Å²) in [6.07, 6.45) is 2.20. The molecule has 0 aliphatic carbocycles. The third-order valence-corrected chi connectivity index (χ3v) is 5.18. The van der Waals surface area contributed by atoms with Crippen molar-refractivity contribution in [2.75, 3.05) is 0 Å². The van der Waals surface area contributed by atoms with E-state index in [1.165, 1.54) is 11.3 Å². The number of hydrogen-bond donors (Lipinski definition) is 1. The van der Waals surface area contributed by atoms with Crippen molar-refractivity contribution in [3.8, 4) is 0 Å². The SMILES string of the molecule is O=C(O)N1OC(c2ccc(Cl)s2)C=C1Cn1ccc2ccccc21. The van der Waals surface area contributed by atoms with Crippen LogP contribution in [0.3, 0.4) is 0 Å². The molecule has 0 bridgehead atoms. The van der Waals surface area contributed by atoms with Gasteiger partial charge in [-0.25, -0.2) is 4.79 Å². The summed E-state index contributed by atoms with van der Waals surface area (Å²) in [6.45, 7) is 0.412. The quantitative estimate of drug-likeness (QED) is 0.722. The first-order valence-electron chi connectivity index (χ1n) is 7.31. The molecular weight excluding hydrogens is 348 g/mol. The standard InChI is InChI=1S/C17H13ClN2O3S/c18-16-6-5-15(24-16)14-9-12(20(23-14)17(21)22)10-19-8-7-11-3-1-2-4-13(11)19/h1-9,14H,10H2,(H,21,22). The molecule has 122 valence electrons. The summed E-state index contributed by atoms with van der Waals surface area (Å²) in [5, 5.41) is 11.5. The molecular formula is C17H13ClN2O3S. The van der Waals surface area contributed by atoms with Crippen molar-refractivity contribution >= 4 is 39.9 Å². The largest absolute Gasteiger partial charge is 0.463 e. The Kier molecular flexibility index (Phi) is 3.80. The van der Waals surface area contributed by atoms with Gasteiger partial charge < -0.3 is 9.67 Å². The van der Waals surface area contributed by atoms with E-state index in [2.05, 4.69) is 0 Å². The fourth-order valence-electron chi connectivity index (χ4n) is 2.81. The van der Waals surface area contributed by atoms with Gasteiger partial charge in [0.25, 0.3) is 0 Å². The molecule has 3 heterocycles. The number of fused-ring (bicyclic) bond motifs is 1. The molecule has 1 N–H and O–H groups in total. The Hall–Kier alpha value is -2.28. The zero-order chi connectivity index (χ0) is 16.7. The summed E-state index contributed by atoms with van der Waals surface area (Å²) < 4.78 is 2.65. The Morgan fingerprint density at radius 3 is 2.83 bits per heavy atom. The zero-order valence-electron chi connectivity index (χ0n) is 12.4. The van der Waals surface area contributed by atoms with Gasteiger partial charge >= 0.3 is 6.09 Å². The molecule has 3 aromatic rings. The van der Waals surface area contributed by atoms with E-state index in [4.69, 9.17) is 16.4 Å². The monoisotopic (exact) mass is 360 g/mol. The van der Waals surface area contributed by atoms with E-state index in [1.807, 2.05) is 53.2 Å². The normalized spacial score (nSPS) is 17.5. The van der Waals surface area contributed by atoms with Gasteiger partial charge in [-0.15, -0.1) is 11.3 Å². The second-order valence-corrected chi connectivity index (χ2v) is 7.15. The van der Waals surface area contributed by atoms with Crippen LogP contribution in [0.5, 0.6) is 0 Å². The molecule has 2 aromatic heterocycles. The number of halogens is 1. The average Bonchev–Trinajstić information content (AvgIpc) is 3.27. The van der Waals surface area contributed by atoms with Crippen molar-refractivity contribution in [1.29, 1.82) is 0 Å². The number of nitrogens with zero attached hydrogens (tertiary/aromatic N) is 2. The van der Waals surface area contributed by atoms with Crippen molar-refractivity contribution in [2.45, 2.75) is 12.6 Å². The second-order valence-electron chi connectivity index (χ2n) is 5.41. The van der Waals surface area contributed by atoms with Crippen LogP contribution in [0.2, 0.25) is 4.34 Å². The number of aromatic nitrogens is 1. The van der Waals surface area contributed by atoms with Crippen LogP contribution < -0.4 is 0 Å². The van der Waals surface area contributed by atoms with Crippen LogP contribution in [-0.2, 0) is 11.4 Å². The van der Waals surface area contributed by atoms with Crippen LogP contribution in [0.25, 0.3) is 10.9 Å². The molecule has 1 amide bonds. The van der Waals surface area contributed by atoms with Crippen molar-refractivity contribution < 1.29 is 14.7 Å². The summed E-state index contributed by atoms with van der Waals surface area (Å²) in [7, 11) is 0. The van der Waals surface area contributed by atoms with Crippen molar-refractivity contribution in [3.63, 3.8) is 0 Å². The summed E-state index contributed by atoms with van der Waals surface area (Å²) in [5.74, 6) is 0. The lowest BCUT2D eigenvalue weighted by molar-refractivity contribution is -0.115. The van der Waals surface area contributed by atoms with Gasteiger partial charge in [0, 0.05) is 16.6 Å². The van der Waals surface area contributed by atoms with Gasteiger partial charge in [0.1, 0.15) is 6.10 Å². The summed E-state index contributed by atoms with van der Waals surface area (Å²) in [4.78, 5) is 18.0. The van der Waals surface area contributed by atoms with Gasteiger partial charge in [-0.1, -0.05) is 29.8 Å². The maximum Gasteiger partial charge on any atom is 0.436 e. The molecule has 0 saturated heterocycles. The molecule has 0 spiro atoms. The third kappa shape index (κ3) is 2.69. The van der Waals surface area contributed by atoms with Gasteiger partial charge in [0.15, 0.2) is 0 Å². The van der Waals surface area contributed by atoms with E-state index in [0.717, 1.165) is 20.8 Å². The van der Waals surface area contributed by atoms with E-state index in [-0.39, 0.29) is 0 Å². The van der Waals surface area contributed by atoms with Crippen LogP contribution >= 0.6 is 22.9 Å². The lowest BCUT2D eigenvalue weighted by Gasteiger charge is -2.17. The van der Waals surface area contributed by atoms with Crippen molar-refractivity contribution in [3.05, 3.63) is 69.6 Å². The minimum atomic E-state index is -1.14. The highest BCUT2D eigenvalue weighted by Gasteiger charge is 2.31. The fraction of sp³-hybridized carbons (Fsp3) is 0.118. The Labute approximate surface area is 146 Å². The summed E-state index contributed by atoms with van der Waals surface area (Å²) in [6, 6.07) is 13.6. The minimum Gasteiger partial charge on any atom is -0.463 e. The molecule has 1 aliphatic heterocycles. The maximum absolute atomic E-state index is 11.5. The minimum absolute atomic E-state index is 0.412. The Balaban J connectivity index is 1.67. The number of rotatable bonds is 3. The molecule has 7 heteroatoms. The van der Waals surface area contributed by atoms with E-state index < -0.39 is 12.2 Å². The molecule has 1 unspecified atom stereocenters. The number of hydroxylamine groups is 2. The van der Waals surface area contributed by atoms with Crippen LogP contribution in [0.4, 0.5) is 4.79 Å². The third-order valence-electron chi connectivity index (χ3n) is 3.88. The summed E-state index contributed by atoms with van der Waals surface area (Å²) in [5.41, 5.74) is 1.63. The van der Waals surface area contributed by atoms with Crippen LogP contribution in [-0.4, -0.2) is 20.8 Å². The molecule has 1 aromatic carbocycles. The number of carboxylic acid groups (broad SMARTS) is 1. The smallest absolute Gasteiger partial charge is 0.436 e. The average molecular weight is 361 g/mol. The Morgan fingerprint density at radius 2 is 2.08 bits per heavy atom. The van der Waals surface area contributed by atoms with Crippen molar-refractivity contribution in [1.82, 2.24) is 9.63 Å². The topological polar surface area (TPSA) is 54.7 Å². The molecule has 1 atom stereocenters. The Bertz CT molecular complexity index is 946. The lowest BCUT2D eigenvalue weighted by Crippen LogP contribution is -2.27. The molecule has 0 radical (unpaired) electrons. The molecule has 0 fully saturated rings. The van der Waals surface area contributed by atoms with E-state index in [0.29, 0.717) is 16.6 Å². The highest BCUT2D eigenvalue weighted by molar-refractivity contribution is 7.16. The number of amides is 1. The number of carbonyl (C=O) groups is 1. The highest BCUT2D eigenvalue weighted by Crippen LogP contribution is 2.36. The summed E-state index contributed by atoms with van der Waals surface area (Å²) >= 11 is 7.34. The zero-order valence-corrected chi connectivity index (χ0v) is 14.0. The predicted octanol–water partition coefficient (Wildman–Crippen LogP) is 4.91. The van der Waals surface area contributed by atoms with E-state index in [1.54, 1.807) is 6.07 Å². The first kappa shape index (κ1) is 15.3. The van der Waals surface area contributed by atoms with Gasteiger partial charge in [-0.2, -0.15) is 5.06 Å². The van der Waals surface area contributed by atoms with Crippen molar-refractivity contribution in [2.24, 2.45) is 0 Å². The second kappa shape index (κ2) is 5.98. The van der Waals surface area contributed by atoms with E-state index >= 15 is 0 Å². The molecule has 24 heavy (non-hydrogen) atoms. The van der Waals surface area contributed by atoms with E-state index in [9.17, 15) is 9.90 Å². The van der Waals surface area contributed by atoms with Gasteiger partial charge in [-0.3, -0.25) is 4.84 Å². The highest BCUT2D eigenvalue weighted by atomic mass is 35.5. The number of para-hydroxylation sites is 1. The van der Waals surface area contributed by atoms with Crippen LogP contribution in [0.15, 0.2) is 60.4 Å². The Morgan fingerprint density at radius 1 is 1.25 bits per heavy atom. The maximum atomic E-state index is 11.5. The number of hydrogen-bond acceptors (Lipinski definition) is 3. The van der Waals surface area contributed by atoms with Crippen LogP contribution in [0.1, 0.15) is 11.0 Å². The molecule has 0 saturated carbocycles. The predicted molar refractivity (Wildman–Crippen MR) is 93.0 cm³/mol. The molecule has 1 aliphatic rings. The number of thiophene rings is 1. The molecule has 4 rings (SSSR count). The first-order chi connectivity index (χ1) is 11.6. The fourth-order valence-corrected chi connectivity index (χ4v) is 3.86. The van der Waals surface area contributed by atoms with Gasteiger partial charge in [0.2, 0.25) is 0 Å². The van der Waals surface area contributed by atoms with Gasteiger partial charge in [-0.05, 0) is 35.7 Å². The number of allylic oxidation sites excluding steroid dienone is 1. The van der Waals surface area contributed by atoms with Gasteiger partial charge in [0.05, 0.1) is 16.6 Å². The number of benzene rings is 1.